The Hall–Kier alpha value is -0.610. The van der Waals surface area contributed by atoms with Crippen molar-refractivity contribution in [1.82, 2.24) is 5.43 Å². The Kier molecular flexibility index (Phi) is 3.18. The van der Waals surface area contributed by atoms with Crippen molar-refractivity contribution in [3.8, 4) is 0 Å². The first-order chi connectivity index (χ1) is 4.93. The van der Waals surface area contributed by atoms with E-state index < -0.39 is 0 Å². The Morgan fingerprint density at radius 1 is 1.60 bits per heavy atom. The molecular formula is C6H12N2O2. The quantitative estimate of drug-likeness (QED) is 0.407. The summed E-state index contributed by atoms with van der Waals surface area (Å²) in [5.41, 5.74) is 3.89. The molecule has 0 radical (unpaired) electrons. The minimum absolute atomic E-state index is 0.217. The van der Waals surface area contributed by atoms with E-state index in [1.54, 1.807) is 0 Å². The molecule has 0 aromatic carbocycles. The molecule has 0 aliphatic carbocycles. The Labute approximate surface area is 59.9 Å². The molecule has 4 nitrogen and oxygen atoms in total. The molecule has 2 N–H and O–H groups in total. The van der Waals surface area contributed by atoms with Crippen LogP contribution in [0.3, 0.4) is 0 Å². The second kappa shape index (κ2) is 4.24. The van der Waals surface area contributed by atoms with Crippen molar-refractivity contribution < 1.29 is 9.84 Å². The maximum absolute atomic E-state index is 8.39. The zero-order valence-corrected chi connectivity index (χ0v) is 5.84. The third-order valence-corrected chi connectivity index (χ3v) is 1.22. The number of rotatable bonds is 4. The van der Waals surface area contributed by atoms with E-state index in [0.29, 0.717) is 13.2 Å². The number of hydrazone groups is 1. The molecule has 0 bridgehead atoms. The van der Waals surface area contributed by atoms with E-state index >= 15 is 0 Å². The summed E-state index contributed by atoms with van der Waals surface area (Å²) in [7, 11) is 0. The topological polar surface area (TPSA) is 53.8 Å². The van der Waals surface area contributed by atoms with Crippen molar-refractivity contribution in [2.24, 2.45) is 5.10 Å². The van der Waals surface area contributed by atoms with Crippen LogP contribution in [0.5, 0.6) is 0 Å². The monoisotopic (exact) mass is 144 g/mol. The van der Waals surface area contributed by atoms with Gasteiger partial charge in [0.2, 0.25) is 0 Å². The van der Waals surface area contributed by atoms with Gasteiger partial charge in [-0.1, -0.05) is 0 Å². The predicted molar refractivity (Wildman–Crippen MR) is 38.0 cm³/mol. The molecule has 58 valence electrons. The van der Waals surface area contributed by atoms with E-state index in [9.17, 15) is 0 Å². The van der Waals surface area contributed by atoms with Crippen molar-refractivity contribution in [3.05, 3.63) is 0 Å². The van der Waals surface area contributed by atoms with Gasteiger partial charge in [0.05, 0.1) is 18.9 Å². The van der Waals surface area contributed by atoms with E-state index in [1.165, 1.54) is 0 Å². The van der Waals surface area contributed by atoms with Crippen LogP contribution in [0, 0.1) is 0 Å². The Balaban J connectivity index is 1.93. The summed E-state index contributed by atoms with van der Waals surface area (Å²) < 4.78 is 4.87. The molecule has 0 spiro atoms. The second-order valence-electron chi connectivity index (χ2n) is 2.16. The molecule has 1 aliphatic rings. The minimum Gasteiger partial charge on any atom is -0.396 e. The van der Waals surface area contributed by atoms with Gasteiger partial charge in [0.25, 0.3) is 0 Å². The highest BCUT2D eigenvalue weighted by Crippen LogP contribution is 1.93. The smallest absolute Gasteiger partial charge is 0.0895 e. The van der Waals surface area contributed by atoms with Gasteiger partial charge in [0.1, 0.15) is 0 Å². The molecule has 0 aromatic heterocycles. The summed E-state index contributed by atoms with van der Waals surface area (Å²) >= 11 is 0. The number of hydrogen-bond acceptors (Lipinski definition) is 4. The summed E-state index contributed by atoms with van der Waals surface area (Å²) in [5.74, 6) is 0. The first kappa shape index (κ1) is 7.50. The lowest BCUT2D eigenvalue weighted by molar-refractivity contribution is 0.158. The van der Waals surface area contributed by atoms with Gasteiger partial charge in [-0.05, 0) is 6.42 Å². The SMILES string of the molecule is OCCCNN=C1COC1. The average Bonchev–Trinajstić information content (AvgIpc) is 1.84. The van der Waals surface area contributed by atoms with Crippen LogP contribution in [0.2, 0.25) is 0 Å². The number of nitrogens with zero attached hydrogens (tertiary/aromatic N) is 1. The number of aliphatic hydroxyl groups is 1. The van der Waals surface area contributed by atoms with Crippen molar-refractivity contribution in [2.75, 3.05) is 26.4 Å². The molecule has 0 aromatic rings. The van der Waals surface area contributed by atoms with Crippen LogP contribution in [-0.2, 0) is 4.74 Å². The third-order valence-electron chi connectivity index (χ3n) is 1.22. The van der Waals surface area contributed by atoms with Crippen LogP contribution in [0.4, 0.5) is 0 Å². The van der Waals surface area contributed by atoms with E-state index in [4.69, 9.17) is 9.84 Å². The lowest BCUT2D eigenvalue weighted by Gasteiger charge is -2.15. The average molecular weight is 144 g/mol. The lowest BCUT2D eigenvalue weighted by atomic mass is 10.3. The van der Waals surface area contributed by atoms with Gasteiger partial charge in [0, 0.05) is 13.2 Å². The Bertz CT molecular complexity index is 119. The maximum Gasteiger partial charge on any atom is 0.0895 e. The lowest BCUT2D eigenvalue weighted by Crippen LogP contribution is -2.30. The predicted octanol–water partition coefficient (Wildman–Crippen LogP) is -0.655. The van der Waals surface area contributed by atoms with E-state index in [-0.39, 0.29) is 6.61 Å². The highest BCUT2D eigenvalue weighted by atomic mass is 16.5. The van der Waals surface area contributed by atoms with Gasteiger partial charge in [-0.25, -0.2) is 0 Å². The van der Waals surface area contributed by atoms with Crippen molar-refractivity contribution in [3.63, 3.8) is 0 Å². The standard InChI is InChI=1S/C6H12N2O2/c9-3-1-2-7-8-6-4-10-5-6/h7,9H,1-5H2. The number of aliphatic hydroxyl groups excluding tert-OH is 1. The fourth-order valence-corrected chi connectivity index (χ4v) is 0.584. The van der Waals surface area contributed by atoms with E-state index in [0.717, 1.165) is 18.7 Å². The van der Waals surface area contributed by atoms with Crippen LogP contribution in [0.15, 0.2) is 5.10 Å². The molecule has 1 saturated heterocycles. The molecule has 0 saturated carbocycles. The van der Waals surface area contributed by atoms with Gasteiger partial charge in [-0.3, -0.25) is 0 Å². The van der Waals surface area contributed by atoms with Crippen LogP contribution >= 0.6 is 0 Å². The molecule has 4 heteroatoms. The van der Waals surface area contributed by atoms with Crippen molar-refractivity contribution in [1.29, 1.82) is 0 Å². The molecule has 1 aliphatic heterocycles. The van der Waals surface area contributed by atoms with Gasteiger partial charge < -0.3 is 15.3 Å². The summed E-state index contributed by atoms with van der Waals surface area (Å²) in [6.07, 6.45) is 0.748. The van der Waals surface area contributed by atoms with Gasteiger partial charge >= 0.3 is 0 Å². The fourth-order valence-electron chi connectivity index (χ4n) is 0.584. The van der Waals surface area contributed by atoms with Crippen LogP contribution in [0.1, 0.15) is 6.42 Å². The zero-order chi connectivity index (χ0) is 7.23. The first-order valence-electron chi connectivity index (χ1n) is 3.40. The summed E-state index contributed by atoms with van der Waals surface area (Å²) in [4.78, 5) is 0. The molecular weight excluding hydrogens is 132 g/mol. The van der Waals surface area contributed by atoms with Crippen LogP contribution in [-0.4, -0.2) is 37.2 Å². The highest BCUT2D eigenvalue weighted by Gasteiger charge is 2.09. The maximum atomic E-state index is 8.39. The van der Waals surface area contributed by atoms with Gasteiger partial charge in [-0.2, -0.15) is 5.10 Å². The number of nitrogens with one attached hydrogen (secondary N) is 1. The van der Waals surface area contributed by atoms with Crippen molar-refractivity contribution in [2.45, 2.75) is 6.42 Å². The first-order valence-corrected chi connectivity index (χ1v) is 3.40. The molecule has 0 amide bonds. The van der Waals surface area contributed by atoms with E-state index in [1.807, 2.05) is 0 Å². The molecule has 10 heavy (non-hydrogen) atoms. The molecule has 1 heterocycles. The zero-order valence-electron chi connectivity index (χ0n) is 5.84. The number of ether oxygens (including phenoxy) is 1. The number of hydrogen-bond donors (Lipinski definition) is 2. The summed E-state index contributed by atoms with van der Waals surface area (Å²) in [5, 5.41) is 12.4. The molecule has 1 rings (SSSR count). The van der Waals surface area contributed by atoms with Crippen LogP contribution in [0.25, 0.3) is 0 Å². The Morgan fingerprint density at radius 2 is 2.40 bits per heavy atom. The normalized spacial score (nSPS) is 16.3. The molecule has 0 atom stereocenters. The molecule has 0 unspecified atom stereocenters. The van der Waals surface area contributed by atoms with Crippen molar-refractivity contribution >= 4 is 5.71 Å². The highest BCUT2D eigenvalue weighted by molar-refractivity contribution is 5.90. The Morgan fingerprint density at radius 3 is 2.90 bits per heavy atom. The summed E-state index contributed by atoms with van der Waals surface area (Å²) in [6, 6.07) is 0. The largest absolute Gasteiger partial charge is 0.396 e. The third kappa shape index (κ3) is 2.33. The van der Waals surface area contributed by atoms with Gasteiger partial charge in [-0.15, -0.1) is 0 Å². The van der Waals surface area contributed by atoms with E-state index in [2.05, 4.69) is 10.5 Å². The summed E-state index contributed by atoms with van der Waals surface area (Å²) in [6.45, 7) is 2.27. The van der Waals surface area contributed by atoms with Crippen LogP contribution < -0.4 is 5.43 Å². The fraction of sp³-hybridized carbons (Fsp3) is 0.833. The molecule has 1 fully saturated rings. The van der Waals surface area contributed by atoms with Gasteiger partial charge in [0.15, 0.2) is 0 Å². The second-order valence-corrected chi connectivity index (χ2v) is 2.16. The minimum atomic E-state index is 0.217.